The lowest BCUT2D eigenvalue weighted by Gasteiger charge is -2.36. The summed E-state index contributed by atoms with van der Waals surface area (Å²) in [6, 6.07) is 2.21. The lowest BCUT2D eigenvalue weighted by Crippen LogP contribution is -2.45. The molecule has 2 aromatic heterocycles. The highest BCUT2D eigenvalue weighted by molar-refractivity contribution is 5.73. The first-order chi connectivity index (χ1) is 15.2. The van der Waals surface area contributed by atoms with Crippen LogP contribution in [0.3, 0.4) is 0 Å². The minimum atomic E-state index is -0.488. The molecule has 4 rings (SSSR count). The largest absolute Gasteiger partial charge is 0.444 e. The van der Waals surface area contributed by atoms with E-state index in [0.29, 0.717) is 29.7 Å². The summed E-state index contributed by atoms with van der Waals surface area (Å²) >= 11 is 0. The summed E-state index contributed by atoms with van der Waals surface area (Å²) in [5.74, 6) is 1.35. The van der Waals surface area contributed by atoms with Crippen molar-refractivity contribution >= 4 is 17.5 Å². The van der Waals surface area contributed by atoms with E-state index in [0.717, 1.165) is 31.6 Å². The maximum Gasteiger partial charge on any atom is 0.410 e. The SMILES string of the molecule is CN(c1ccnc(C(=CN)c2c[nH+]ccn2)n1)C1CC12CCCN(C(=O)OC(C)(C)C)C2. The van der Waals surface area contributed by atoms with Gasteiger partial charge in [0.2, 0.25) is 0 Å². The molecule has 0 aromatic carbocycles. The highest BCUT2D eigenvalue weighted by Gasteiger charge is 2.58. The molecule has 1 spiro atoms. The molecule has 1 aliphatic heterocycles. The number of carbonyl (C=O) groups is 1. The van der Waals surface area contributed by atoms with Crippen molar-refractivity contribution in [3.8, 4) is 0 Å². The number of nitrogens with one attached hydrogen (secondary N) is 1. The first-order valence-electron chi connectivity index (χ1n) is 11.0. The van der Waals surface area contributed by atoms with Crippen LogP contribution in [0.25, 0.3) is 5.57 Å². The zero-order chi connectivity index (χ0) is 22.9. The number of carbonyl (C=O) groups excluding carboxylic acids is 1. The molecule has 1 amide bonds. The van der Waals surface area contributed by atoms with E-state index in [2.05, 4.69) is 26.9 Å². The summed E-state index contributed by atoms with van der Waals surface area (Å²) in [6.45, 7) is 7.16. The van der Waals surface area contributed by atoms with Gasteiger partial charge in [-0.15, -0.1) is 0 Å². The van der Waals surface area contributed by atoms with Crippen molar-refractivity contribution in [2.45, 2.75) is 51.7 Å². The Kier molecular flexibility index (Phi) is 5.75. The first kappa shape index (κ1) is 22.0. The van der Waals surface area contributed by atoms with Gasteiger partial charge >= 0.3 is 6.09 Å². The molecule has 2 unspecified atom stereocenters. The van der Waals surface area contributed by atoms with Crippen LogP contribution in [0.5, 0.6) is 0 Å². The van der Waals surface area contributed by atoms with Crippen LogP contribution in [0.1, 0.15) is 51.6 Å². The number of rotatable bonds is 4. The monoisotopic (exact) mass is 438 g/mol. The fraction of sp³-hybridized carbons (Fsp3) is 0.522. The number of nitrogens with zero attached hydrogens (tertiary/aromatic N) is 5. The van der Waals surface area contributed by atoms with E-state index in [-0.39, 0.29) is 11.5 Å². The van der Waals surface area contributed by atoms with Gasteiger partial charge in [0.1, 0.15) is 17.1 Å². The van der Waals surface area contributed by atoms with Gasteiger partial charge in [0, 0.05) is 44.0 Å². The van der Waals surface area contributed by atoms with Gasteiger partial charge in [-0.05, 0) is 46.1 Å². The van der Waals surface area contributed by atoms with Crippen molar-refractivity contribution in [3.63, 3.8) is 0 Å². The van der Waals surface area contributed by atoms with Crippen molar-refractivity contribution in [2.75, 3.05) is 25.0 Å². The second kappa shape index (κ2) is 8.37. The molecule has 1 saturated heterocycles. The minimum absolute atomic E-state index is 0.0809. The van der Waals surface area contributed by atoms with Crippen LogP contribution in [0.2, 0.25) is 0 Å². The maximum atomic E-state index is 12.6. The van der Waals surface area contributed by atoms with Gasteiger partial charge in [0.25, 0.3) is 0 Å². The lowest BCUT2D eigenvalue weighted by molar-refractivity contribution is -0.379. The Hall–Kier alpha value is -3.23. The van der Waals surface area contributed by atoms with Crippen LogP contribution in [-0.2, 0) is 4.74 Å². The number of likely N-dealkylation sites (tertiary alicyclic amines) is 1. The van der Waals surface area contributed by atoms with Gasteiger partial charge in [-0.1, -0.05) is 0 Å². The van der Waals surface area contributed by atoms with Crippen LogP contribution in [0.4, 0.5) is 10.6 Å². The molecule has 3 N–H and O–H groups in total. The van der Waals surface area contributed by atoms with E-state index >= 15 is 0 Å². The molecule has 0 bridgehead atoms. The van der Waals surface area contributed by atoms with Gasteiger partial charge < -0.3 is 20.3 Å². The molecule has 1 saturated carbocycles. The molecule has 1 aliphatic carbocycles. The van der Waals surface area contributed by atoms with Crippen molar-refractivity contribution in [1.82, 2.24) is 19.9 Å². The van der Waals surface area contributed by atoms with Crippen molar-refractivity contribution in [1.29, 1.82) is 0 Å². The third kappa shape index (κ3) is 4.51. The van der Waals surface area contributed by atoms with Crippen LogP contribution in [0.15, 0.2) is 37.1 Å². The number of aromatic nitrogens is 4. The number of ether oxygens (including phenoxy) is 1. The summed E-state index contributed by atoms with van der Waals surface area (Å²) in [7, 11) is 2.05. The van der Waals surface area contributed by atoms with E-state index in [1.54, 1.807) is 24.8 Å². The van der Waals surface area contributed by atoms with Gasteiger partial charge in [-0.2, -0.15) is 0 Å². The average Bonchev–Trinajstić information content (AvgIpc) is 3.46. The zero-order valence-electron chi connectivity index (χ0n) is 19.2. The summed E-state index contributed by atoms with van der Waals surface area (Å²) in [5.41, 5.74) is 6.81. The van der Waals surface area contributed by atoms with E-state index < -0.39 is 5.60 Å². The van der Waals surface area contributed by atoms with E-state index in [4.69, 9.17) is 15.5 Å². The number of piperidine rings is 1. The Morgan fingerprint density at radius 1 is 1.38 bits per heavy atom. The second-order valence-electron chi connectivity index (χ2n) is 9.66. The third-order valence-electron chi connectivity index (χ3n) is 6.16. The Balaban J connectivity index is 1.48. The normalized spacial score (nSPS) is 23.2. The Labute approximate surface area is 188 Å². The van der Waals surface area contributed by atoms with Crippen LogP contribution >= 0.6 is 0 Å². The number of anilines is 1. The highest BCUT2D eigenvalue weighted by Crippen LogP contribution is 2.55. The Bertz CT molecular complexity index is 1000. The average molecular weight is 439 g/mol. The van der Waals surface area contributed by atoms with E-state index in [1.807, 2.05) is 31.7 Å². The standard InChI is InChI=1S/C23H31N7O2/c1-22(2,3)32-21(31)30-11-5-7-23(15-30)12-18(23)29(4)19-6-8-27-20(28-19)16(13-24)17-14-25-9-10-26-17/h6,8-10,13-14,18H,5,7,11-12,15,24H2,1-4H3/p+1. The van der Waals surface area contributed by atoms with E-state index in [9.17, 15) is 4.79 Å². The lowest BCUT2D eigenvalue weighted by atomic mass is 9.94. The summed E-state index contributed by atoms with van der Waals surface area (Å²) in [5, 5.41) is 0. The number of H-pyrrole nitrogens is 1. The van der Waals surface area contributed by atoms with Gasteiger partial charge in [0.05, 0.1) is 11.8 Å². The highest BCUT2D eigenvalue weighted by atomic mass is 16.6. The molecule has 2 fully saturated rings. The summed E-state index contributed by atoms with van der Waals surface area (Å²) in [4.78, 5) is 33.2. The summed E-state index contributed by atoms with van der Waals surface area (Å²) in [6.07, 6.45) is 11.3. The Morgan fingerprint density at radius 3 is 2.88 bits per heavy atom. The van der Waals surface area contributed by atoms with Gasteiger partial charge in [-0.3, -0.25) is 0 Å². The molecule has 0 radical (unpaired) electrons. The first-order valence-corrected chi connectivity index (χ1v) is 11.0. The molecule has 2 aliphatic rings. The van der Waals surface area contributed by atoms with Crippen LogP contribution < -0.4 is 15.6 Å². The number of nitrogens with two attached hydrogens (primary N) is 1. The summed E-state index contributed by atoms with van der Waals surface area (Å²) < 4.78 is 5.60. The number of aromatic amines is 1. The molecule has 170 valence electrons. The number of hydrogen-bond donors (Lipinski definition) is 1. The molecule has 3 heterocycles. The third-order valence-corrected chi connectivity index (χ3v) is 6.16. The van der Waals surface area contributed by atoms with Gasteiger partial charge in [0.15, 0.2) is 18.2 Å². The number of hydrogen-bond acceptors (Lipinski definition) is 7. The maximum absolute atomic E-state index is 12.6. The zero-order valence-corrected chi connectivity index (χ0v) is 19.2. The van der Waals surface area contributed by atoms with Crippen molar-refractivity contribution in [3.05, 3.63) is 48.6 Å². The predicted molar refractivity (Wildman–Crippen MR) is 120 cm³/mol. The number of amides is 1. The smallest absolute Gasteiger partial charge is 0.410 e. The second-order valence-corrected chi connectivity index (χ2v) is 9.66. The van der Waals surface area contributed by atoms with Crippen molar-refractivity contribution in [2.24, 2.45) is 11.1 Å². The molecule has 2 aromatic rings. The predicted octanol–water partition coefficient (Wildman–Crippen LogP) is 2.26. The van der Waals surface area contributed by atoms with Crippen LogP contribution in [-0.4, -0.2) is 57.7 Å². The fourth-order valence-corrected chi connectivity index (χ4v) is 4.54. The molecule has 2 atom stereocenters. The molecule has 9 heteroatoms. The van der Waals surface area contributed by atoms with Crippen molar-refractivity contribution < 1.29 is 14.5 Å². The molecule has 9 nitrogen and oxygen atoms in total. The van der Waals surface area contributed by atoms with Gasteiger partial charge in [-0.25, -0.2) is 24.7 Å². The molecular formula is C23H32N7O2+. The minimum Gasteiger partial charge on any atom is -0.444 e. The van der Waals surface area contributed by atoms with Crippen LogP contribution in [0, 0.1) is 5.41 Å². The fourth-order valence-electron chi connectivity index (χ4n) is 4.54. The topological polar surface area (TPSA) is 112 Å². The van der Waals surface area contributed by atoms with E-state index in [1.165, 1.54) is 6.20 Å². The molecular weight excluding hydrogens is 406 g/mol. The Morgan fingerprint density at radius 2 is 2.19 bits per heavy atom. The quantitative estimate of drug-likeness (QED) is 0.779. The molecule has 32 heavy (non-hydrogen) atoms.